The number of hydrogen-bond acceptors (Lipinski definition) is 3. The summed E-state index contributed by atoms with van der Waals surface area (Å²) in [7, 11) is 2.15. The Morgan fingerprint density at radius 1 is 1.46 bits per heavy atom. The SMILES string of the molecule is C=CC[C@H](COCN(C)[C@@H]1C=C(CCC)C1)NCC(=C)CCCC. The van der Waals surface area contributed by atoms with Gasteiger partial charge >= 0.3 is 0 Å². The Morgan fingerprint density at radius 3 is 2.83 bits per heavy atom. The zero-order chi connectivity index (χ0) is 17.8. The zero-order valence-electron chi connectivity index (χ0n) is 16.2. The van der Waals surface area contributed by atoms with Gasteiger partial charge in [-0.1, -0.05) is 56.6 Å². The summed E-state index contributed by atoms with van der Waals surface area (Å²) in [5, 5.41) is 3.56. The van der Waals surface area contributed by atoms with E-state index in [1.54, 1.807) is 5.57 Å². The molecule has 0 fully saturated rings. The molecule has 0 aromatic heterocycles. The molecule has 1 rings (SSSR count). The van der Waals surface area contributed by atoms with Gasteiger partial charge in [0.2, 0.25) is 0 Å². The van der Waals surface area contributed by atoms with Crippen LogP contribution in [0.5, 0.6) is 0 Å². The number of ether oxygens (including phenoxy) is 1. The number of nitrogens with zero attached hydrogens (tertiary/aromatic N) is 1. The van der Waals surface area contributed by atoms with Crippen molar-refractivity contribution in [2.75, 3.05) is 26.9 Å². The second-order valence-electron chi connectivity index (χ2n) is 7.06. The molecule has 0 aromatic carbocycles. The first kappa shape index (κ1) is 21.1. The molecule has 0 heterocycles. The van der Waals surface area contributed by atoms with Gasteiger partial charge < -0.3 is 10.1 Å². The van der Waals surface area contributed by atoms with Crippen molar-refractivity contribution in [3.05, 3.63) is 36.5 Å². The molecular weight excluding hydrogens is 296 g/mol. The summed E-state index contributed by atoms with van der Waals surface area (Å²) in [6.07, 6.45) is 12.5. The van der Waals surface area contributed by atoms with E-state index in [0.717, 1.165) is 26.0 Å². The molecule has 0 aromatic rings. The molecule has 1 aliphatic rings. The van der Waals surface area contributed by atoms with Crippen molar-refractivity contribution in [2.45, 2.75) is 70.9 Å². The molecule has 1 aliphatic carbocycles. The van der Waals surface area contributed by atoms with E-state index in [1.807, 2.05) is 6.08 Å². The maximum absolute atomic E-state index is 5.93. The quantitative estimate of drug-likeness (QED) is 0.348. The van der Waals surface area contributed by atoms with Gasteiger partial charge in [-0.3, -0.25) is 4.90 Å². The molecule has 0 radical (unpaired) electrons. The van der Waals surface area contributed by atoms with Gasteiger partial charge in [-0.15, -0.1) is 6.58 Å². The molecule has 138 valence electrons. The normalized spacial score (nSPS) is 18.2. The molecule has 0 saturated carbocycles. The second kappa shape index (κ2) is 12.5. The molecule has 0 aliphatic heterocycles. The van der Waals surface area contributed by atoms with Crippen LogP contribution in [-0.2, 0) is 4.74 Å². The predicted molar refractivity (Wildman–Crippen MR) is 105 cm³/mol. The fourth-order valence-corrected chi connectivity index (χ4v) is 2.95. The van der Waals surface area contributed by atoms with E-state index in [0.29, 0.717) is 18.8 Å². The average Bonchev–Trinajstić information content (AvgIpc) is 2.53. The molecule has 0 unspecified atom stereocenters. The summed E-state index contributed by atoms with van der Waals surface area (Å²) in [6.45, 7) is 14.8. The van der Waals surface area contributed by atoms with Crippen LogP contribution in [0.1, 0.15) is 58.8 Å². The fourth-order valence-electron chi connectivity index (χ4n) is 2.95. The van der Waals surface area contributed by atoms with E-state index in [2.05, 4.69) is 50.3 Å². The molecule has 0 amide bonds. The third kappa shape index (κ3) is 8.27. The van der Waals surface area contributed by atoms with E-state index in [4.69, 9.17) is 4.74 Å². The lowest BCUT2D eigenvalue weighted by Crippen LogP contribution is -2.40. The van der Waals surface area contributed by atoms with Crippen molar-refractivity contribution in [3.8, 4) is 0 Å². The topological polar surface area (TPSA) is 24.5 Å². The Bertz CT molecular complexity index is 403. The van der Waals surface area contributed by atoms with Crippen molar-refractivity contribution < 1.29 is 4.74 Å². The van der Waals surface area contributed by atoms with Crippen LogP contribution in [0.15, 0.2) is 36.5 Å². The van der Waals surface area contributed by atoms with Gasteiger partial charge in [-0.2, -0.15) is 0 Å². The van der Waals surface area contributed by atoms with E-state index in [9.17, 15) is 0 Å². The highest BCUT2D eigenvalue weighted by atomic mass is 16.5. The Kier molecular flexibility index (Phi) is 11.0. The summed E-state index contributed by atoms with van der Waals surface area (Å²) in [5.74, 6) is 0. The lowest BCUT2D eigenvalue weighted by molar-refractivity contribution is 0.0163. The zero-order valence-corrected chi connectivity index (χ0v) is 16.2. The average molecular weight is 335 g/mol. The first-order valence-corrected chi connectivity index (χ1v) is 9.59. The van der Waals surface area contributed by atoms with E-state index >= 15 is 0 Å². The van der Waals surface area contributed by atoms with Gasteiger partial charge in [0.25, 0.3) is 0 Å². The van der Waals surface area contributed by atoms with E-state index in [1.165, 1.54) is 37.7 Å². The van der Waals surface area contributed by atoms with Crippen LogP contribution >= 0.6 is 0 Å². The largest absolute Gasteiger partial charge is 0.364 e. The first-order chi connectivity index (χ1) is 11.6. The molecule has 1 N–H and O–H groups in total. The van der Waals surface area contributed by atoms with Crippen molar-refractivity contribution >= 4 is 0 Å². The molecular formula is C21H38N2O. The summed E-state index contributed by atoms with van der Waals surface area (Å²) in [6, 6.07) is 0.882. The van der Waals surface area contributed by atoms with Gasteiger partial charge in [-0.25, -0.2) is 0 Å². The van der Waals surface area contributed by atoms with E-state index < -0.39 is 0 Å². The lowest BCUT2D eigenvalue weighted by atomic mass is 9.89. The molecule has 3 nitrogen and oxygen atoms in total. The van der Waals surface area contributed by atoms with Crippen LogP contribution in [0.3, 0.4) is 0 Å². The maximum Gasteiger partial charge on any atom is 0.0993 e. The maximum atomic E-state index is 5.93. The predicted octanol–water partition coefficient (Wildman–Crippen LogP) is 4.67. The van der Waals surface area contributed by atoms with Crippen LogP contribution in [0, 0.1) is 0 Å². The summed E-state index contributed by atoms with van der Waals surface area (Å²) in [4.78, 5) is 2.30. The number of unbranched alkanes of at least 4 members (excludes halogenated alkanes) is 1. The molecule has 24 heavy (non-hydrogen) atoms. The van der Waals surface area contributed by atoms with Crippen LogP contribution in [-0.4, -0.2) is 43.9 Å². The van der Waals surface area contributed by atoms with Gasteiger partial charge in [0, 0.05) is 18.6 Å². The summed E-state index contributed by atoms with van der Waals surface area (Å²) >= 11 is 0. The van der Waals surface area contributed by atoms with Crippen molar-refractivity contribution in [3.63, 3.8) is 0 Å². The minimum absolute atomic E-state index is 0.321. The third-order valence-corrected chi connectivity index (χ3v) is 4.63. The standard InChI is InChI=1S/C21H38N2O/c1-6-9-12-18(4)15-22-20(11-8-3)16-24-17-23(5)21-13-19(14-21)10-7-2/h8,13,20-22H,3-4,6-7,9-12,14-17H2,1-2,5H3/t20-,21-/m1/s1. The monoisotopic (exact) mass is 334 g/mol. The molecule has 0 bridgehead atoms. The summed E-state index contributed by atoms with van der Waals surface area (Å²) < 4.78 is 5.93. The fraction of sp³-hybridized carbons (Fsp3) is 0.714. The number of nitrogens with one attached hydrogen (secondary N) is 1. The Labute approximate surface area is 149 Å². The second-order valence-corrected chi connectivity index (χ2v) is 7.06. The molecule has 2 atom stereocenters. The molecule has 0 spiro atoms. The van der Waals surface area contributed by atoms with Gasteiger partial charge in [-0.05, 0) is 39.2 Å². The smallest absolute Gasteiger partial charge is 0.0993 e. The van der Waals surface area contributed by atoms with Gasteiger partial charge in [0.05, 0.1) is 13.3 Å². The number of likely N-dealkylation sites (N-methyl/N-ethyl adjacent to an activating group) is 1. The highest BCUT2D eigenvalue weighted by Crippen LogP contribution is 2.26. The Hall–Kier alpha value is -0.900. The van der Waals surface area contributed by atoms with E-state index in [-0.39, 0.29) is 0 Å². The van der Waals surface area contributed by atoms with Crippen molar-refractivity contribution in [2.24, 2.45) is 0 Å². The Balaban J connectivity index is 2.21. The van der Waals surface area contributed by atoms with Crippen LogP contribution in [0.25, 0.3) is 0 Å². The summed E-state index contributed by atoms with van der Waals surface area (Å²) in [5.41, 5.74) is 2.89. The van der Waals surface area contributed by atoms with Gasteiger partial charge in [0.15, 0.2) is 0 Å². The van der Waals surface area contributed by atoms with Crippen LogP contribution in [0.4, 0.5) is 0 Å². The van der Waals surface area contributed by atoms with Crippen LogP contribution < -0.4 is 5.32 Å². The lowest BCUT2D eigenvalue weighted by Gasteiger charge is -2.33. The molecule has 3 heteroatoms. The molecule has 0 saturated heterocycles. The van der Waals surface area contributed by atoms with Crippen LogP contribution in [0.2, 0.25) is 0 Å². The Morgan fingerprint density at radius 2 is 2.21 bits per heavy atom. The van der Waals surface area contributed by atoms with Crippen molar-refractivity contribution in [1.82, 2.24) is 10.2 Å². The minimum atomic E-state index is 0.321. The van der Waals surface area contributed by atoms with Crippen molar-refractivity contribution in [1.29, 1.82) is 0 Å². The number of hydrogen-bond donors (Lipinski definition) is 1. The highest BCUT2D eigenvalue weighted by molar-refractivity contribution is 5.20. The third-order valence-electron chi connectivity index (χ3n) is 4.63. The minimum Gasteiger partial charge on any atom is -0.364 e. The van der Waals surface area contributed by atoms with Gasteiger partial charge in [0.1, 0.15) is 0 Å². The first-order valence-electron chi connectivity index (χ1n) is 9.59. The highest BCUT2D eigenvalue weighted by Gasteiger charge is 2.22. The number of rotatable bonds is 15.